The number of nitrogens with zero attached hydrogens (tertiary/aromatic N) is 2. The van der Waals surface area contributed by atoms with Gasteiger partial charge in [0.2, 0.25) is 89.3 Å². The number of ether oxygens (including phenoxy) is 1. The summed E-state index contributed by atoms with van der Waals surface area (Å²) in [5.74, 6) is -24.1. The number of hydrogen-bond donors (Lipinski definition) is 25. The molecule has 4 bridgehead atoms. The van der Waals surface area contributed by atoms with Crippen LogP contribution in [0.25, 0.3) is 6.08 Å². The second-order valence-corrected chi connectivity index (χ2v) is 30.0. The van der Waals surface area contributed by atoms with Crippen molar-refractivity contribution in [3.05, 3.63) is 142 Å². The molecule has 0 spiro atoms. The lowest BCUT2D eigenvalue weighted by molar-refractivity contribution is -0.783. The van der Waals surface area contributed by atoms with Gasteiger partial charge in [0, 0.05) is 29.7 Å². The Morgan fingerprint density at radius 1 is 0.595 bits per heavy atom. The molecular weight excluding hydrogens is 1660 g/mol. The van der Waals surface area contributed by atoms with E-state index in [1.165, 1.54) is 56.3 Å². The van der Waals surface area contributed by atoms with E-state index in [-0.39, 0.29) is 5.56 Å². The van der Waals surface area contributed by atoms with Crippen LogP contribution in [0.2, 0.25) is 0 Å². The molecule has 0 radical (unpaired) electrons. The fourth-order valence-electron chi connectivity index (χ4n) is 13.0. The summed E-state index contributed by atoms with van der Waals surface area (Å²) in [6.45, 7) is -2.18. The predicted octanol–water partition coefficient (Wildman–Crippen LogP) is -12.7. The first kappa shape index (κ1) is 96.5. The normalized spacial score (nSPS) is 28.8. The van der Waals surface area contributed by atoms with Crippen LogP contribution >= 0.6 is 15.9 Å². The van der Waals surface area contributed by atoms with E-state index < -0.39 is 299 Å². The Kier molecular flexibility index (Phi) is 36.0. The van der Waals surface area contributed by atoms with Gasteiger partial charge in [0.15, 0.2) is 6.10 Å². The smallest absolute Gasteiger partial charge is 0.251 e. The Morgan fingerprint density at radius 3 is 1.77 bits per heavy atom. The van der Waals surface area contributed by atoms with E-state index in [0.717, 1.165) is 28.6 Å². The number of halogens is 1. The molecule has 0 saturated carbocycles. The second-order valence-electron chi connectivity index (χ2n) is 29.1. The van der Waals surface area contributed by atoms with Crippen LogP contribution in [0, 0.1) is 0 Å². The number of allylic oxidation sites excluding steroid dienone is 2. The highest BCUT2D eigenvalue weighted by Gasteiger charge is 2.49. The molecule has 7 rings (SSSR count). The number of carbonyl (C=O) groups excluding carboxylic acids is 15. The molecule has 1 aromatic heterocycles. The molecule has 121 heavy (non-hydrogen) atoms. The van der Waals surface area contributed by atoms with Crippen LogP contribution < -0.4 is 84.9 Å². The molecular formula is C76H99BrN16O28. The molecule has 1 saturated heterocycles. The molecule has 4 aromatic rings. The Hall–Kier alpha value is -11.6. The lowest BCUT2D eigenvalue weighted by Gasteiger charge is -2.38. The number of nitrogens with one attached hydrogen (secondary N) is 12. The van der Waals surface area contributed by atoms with Gasteiger partial charge in [-0.25, -0.2) is 9.13 Å². The predicted molar refractivity (Wildman–Crippen MR) is 415 cm³/mol. The zero-order chi connectivity index (χ0) is 89.4. The topological polar surface area (TPSA) is 716 Å². The standard InChI is InChI=1S/C76H99BrN16O28/c1-34(14-15-37-10-6-4-7-11-37)20-51(99)43-26-56(103)82-49(30-94)69(113)87-48-29-92-28-41(93(33-92)75-63(107)62(106)60(104)53(32-96)121-75)22-45(66(110)90-58(36(3)97)73(117)88-50(31-95)70(114)84-44(65(109)83-43)21-38-12-8-5-9-13-38)81-55(102)24-42(98)23-47(76(119)120)86-71(115)52(100)27-80-72(116)57(35(2)39-16-18-40(77)19-17-39)89-74(118)59(61(105)64(79)108)91-67(111)46(25-54(78)101)85-68(48)112/h4-20,28,33,35-36,42-53,57-63,75,94-100,104-107H,21-27,29-32H2,1-3H3,(H16-,78,79,80,81,82,83,84,85,86,87,88,89,90,91,101,102,103,108,109,110,111,112,113,114,115,116,117,118,119,120)/b15-14+,34-20+/t35-,36-,42+,43?,44-,45-,46-,47?,48+,49-,50-,51-,52-,53?,57-,58?,59-,60-,61+,62?,63?,75+/m0/s1. The SMILES string of the molecule is CC(/C=C/c1ccccc1)=C\[C@H](O)C1CC(=O)N[C@@H](CO)C(=O)N[C@@H]2Cn3cc([n+]([C@@H]4OC(CO)[C@H](O)C(O)C4O)c3)C[C@H](NC(=O)C[C@H](O)CC(C(=O)[O-])NC(=O)[C@@H](O)CNC(=O)[C@H]([C@@H](C)c3ccc(Br)cc3)NC(=O)[C@H]([C@@H](O)C(N)=O)NC(=O)[C@H](CC(N)=O)NC2=O)C(=O)NC([C@H](C)O)C(=O)N[C@@H](CO)C(=O)N[C@@H](Cc2ccccc2)C(=O)N1. The van der Waals surface area contributed by atoms with E-state index in [1.54, 1.807) is 60.7 Å². The molecule has 4 heterocycles. The minimum absolute atomic E-state index is 0.254. The lowest BCUT2D eigenvalue weighted by atomic mass is 9.92. The maximum atomic E-state index is 15.4. The number of primary amides is 2. The van der Waals surface area contributed by atoms with Gasteiger partial charge in [0.1, 0.15) is 103 Å². The largest absolute Gasteiger partial charge is 0.548 e. The number of aliphatic carboxylic acids is 1. The number of benzene rings is 3. The summed E-state index contributed by atoms with van der Waals surface area (Å²) < 4.78 is 8.13. The molecule has 27 N–H and O–H groups in total. The van der Waals surface area contributed by atoms with Crippen molar-refractivity contribution in [1.82, 2.24) is 68.4 Å². The van der Waals surface area contributed by atoms with E-state index in [9.17, 15) is 124 Å². The quantitative estimate of drug-likeness (QED) is 0.0325. The lowest BCUT2D eigenvalue weighted by Crippen LogP contribution is -2.64. The average molecular weight is 1760 g/mol. The van der Waals surface area contributed by atoms with E-state index in [1.807, 2.05) is 10.6 Å². The van der Waals surface area contributed by atoms with Gasteiger partial charge in [0.05, 0.1) is 75.6 Å². The molecule has 3 aliphatic heterocycles. The minimum Gasteiger partial charge on any atom is -0.548 e. The van der Waals surface area contributed by atoms with Gasteiger partial charge in [-0.15, -0.1) is 0 Å². The van der Waals surface area contributed by atoms with Gasteiger partial charge in [0.25, 0.3) is 5.91 Å². The molecule has 658 valence electrons. The molecule has 22 atom stereocenters. The van der Waals surface area contributed by atoms with Crippen molar-refractivity contribution < 1.29 is 143 Å². The number of carboxylic acid groups (broad SMARTS) is 1. The van der Waals surface area contributed by atoms with Crippen molar-refractivity contribution in [3.8, 4) is 0 Å². The van der Waals surface area contributed by atoms with Gasteiger partial charge in [-0.1, -0.05) is 119 Å². The van der Waals surface area contributed by atoms with Crippen molar-refractivity contribution in [2.75, 3.05) is 26.4 Å². The molecule has 3 aliphatic rings. The highest BCUT2D eigenvalue weighted by molar-refractivity contribution is 9.10. The third-order valence-corrected chi connectivity index (χ3v) is 20.2. The van der Waals surface area contributed by atoms with Gasteiger partial charge >= 0.3 is 0 Å². The van der Waals surface area contributed by atoms with Gasteiger partial charge in [-0.3, -0.25) is 67.1 Å². The Balaban J connectivity index is 1.46. The maximum Gasteiger partial charge on any atom is 0.251 e. The summed E-state index contributed by atoms with van der Waals surface area (Å²) in [5, 5.41) is 163. The molecule has 14 amide bonds. The number of imidazole rings is 1. The number of hydrogen-bond acceptors (Lipinski definition) is 28. The summed E-state index contributed by atoms with van der Waals surface area (Å²) in [6, 6.07) is -1.64. The number of nitrogens with two attached hydrogens (primary N) is 2. The number of fused-ring (bicyclic) bond motifs is 2. The third kappa shape index (κ3) is 27.7. The number of β-amino-alcohol motifs (C(OH)–C–C–N with tert-alkyl or cyclic N) is 1. The van der Waals surface area contributed by atoms with Crippen LogP contribution in [0.1, 0.15) is 81.0 Å². The van der Waals surface area contributed by atoms with Crippen molar-refractivity contribution in [3.63, 3.8) is 0 Å². The first-order chi connectivity index (χ1) is 57.2. The Labute approximate surface area is 697 Å². The summed E-state index contributed by atoms with van der Waals surface area (Å²) in [5.41, 5.74) is 12.3. The number of amides is 14. The molecule has 45 heteroatoms. The summed E-state index contributed by atoms with van der Waals surface area (Å²) in [4.78, 5) is 214. The summed E-state index contributed by atoms with van der Waals surface area (Å²) in [6.07, 6.45) is -21.8. The number of aromatic nitrogens is 2. The van der Waals surface area contributed by atoms with Gasteiger partial charge in [-0.2, -0.15) is 0 Å². The van der Waals surface area contributed by atoms with Crippen LogP contribution in [0.5, 0.6) is 0 Å². The molecule has 44 nitrogen and oxygen atoms in total. The fraction of sp³-hybridized carbons (Fsp3) is 0.474. The maximum absolute atomic E-state index is 15.4. The Bertz CT molecular complexity index is 4430. The molecule has 1 fully saturated rings. The molecule has 0 aliphatic carbocycles. The van der Waals surface area contributed by atoms with Crippen molar-refractivity contribution >= 4 is 111 Å². The van der Waals surface area contributed by atoms with E-state index in [0.29, 0.717) is 21.2 Å². The monoisotopic (exact) mass is 1760 g/mol. The number of rotatable bonds is 18. The van der Waals surface area contributed by atoms with Gasteiger partial charge in [-0.05, 0) is 49.1 Å². The average Bonchev–Trinajstić information content (AvgIpc) is 1.72. The Morgan fingerprint density at radius 2 is 1.16 bits per heavy atom. The highest BCUT2D eigenvalue weighted by atomic mass is 79.9. The summed E-state index contributed by atoms with van der Waals surface area (Å²) >= 11 is 3.27. The number of aliphatic hydroxyl groups is 11. The van der Waals surface area contributed by atoms with Crippen LogP contribution in [0.4, 0.5) is 0 Å². The van der Waals surface area contributed by atoms with Crippen molar-refractivity contribution in [2.24, 2.45) is 11.5 Å². The van der Waals surface area contributed by atoms with Crippen LogP contribution in [-0.2, 0) is 96.0 Å². The zero-order valence-corrected chi connectivity index (χ0v) is 66.8. The van der Waals surface area contributed by atoms with Crippen molar-refractivity contribution in [2.45, 2.75) is 199 Å². The third-order valence-electron chi connectivity index (χ3n) is 19.7. The first-order valence-corrected chi connectivity index (χ1v) is 38.6. The van der Waals surface area contributed by atoms with Crippen LogP contribution in [0.15, 0.2) is 120 Å². The van der Waals surface area contributed by atoms with Crippen LogP contribution in [-0.4, -0.2) is 297 Å². The van der Waals surface area contributed by atoms with E-state index in [4.69, 9.17) is 16.2 Å². The summed E-state index contributed by atoms with van der Waals surface area (Å²) in [7, 11) is 0. The van der Waals surface area contributed by atoms with Gasteiger partial charge < -0.3 is 146 Å². The number of carboxylic acids is 1. The first-order valence-electron chi connectivity index (χ1n) is 37.8. The number of aliphatic hydroxyl groups excluding tert-OH is 11. The molecule has 6 unspecified atom stereocenters. The molecule has 3 aromatic carbocycles. The van der Waals surface area contributed by atoms with E-state index in [2.05, 4.69) is 69.1 Å². The fourth-order valence-corrected chi connectivity index (χ4v) is 13.3. The zero-order valence-electron chi connectivity index (χ0n) is 65.2. The second kappa shape index (κ2) is 45.2. The minimum atomic E-state index is -2.79. The van der Waals surface area contributed by atoms with Crippen LogP contribution in [0.3, 0.4) is 0 Å². The highest BCUT2D eigenvalue weighted by Crippen LogP contribution is 2.27. The van der Waals surface area contributed by atoms with E-state index >= 15 is 9.59 Å². The van der Waals surface area contributed by atoms with Crippen molar-refractivity contribution in [1.29, 1.82) is 0 Å². The number of carbonyl (C=O) groups is 15.